The van der Waals surface area contributed by atoms with E-state index < -0.39 is 4.92 Å². The van der Waals surface area contributed by atoms with Gasteiger partial charge in [0.05, 0.1) is 0 Å². The first-order valence-electron chi connectivity index (χ1n) is 4.92. The first kappa shape index (κ1) is 13.4. The van der Waals surface area contributed by atoms with Crippen molar-refractivity contribution in [2.24, 2.45) is 0 Å². The molecule has 1 aromatic heterocycles. The molecule has 17 heavy (non-hydrogen) atoms. The topological polar surface area (TPSA) is 80.1 Å². The summed E-state index contributed by atoms with van der Waals surface area (Å²) in [5.74, 6) is -0.237. The molecule has 0 aromatic carbocycles. The molecule has 0 radical (unpaired) electrons. The molecule has 2 N–H and O–H groups in total. The van der Waals surface area contributed by atoms with Crippen molar-refractivity contribution in [3.8, 4) is 0 Å². The molecule has 0 amide bonds. The fraction of sp³-hybridized carbons (Fsp3) is 0.300. The highest BCUT2D eigenvalue weighted by Crippen LogP contribution is 2.04. The van der Waals surface area contributed by atoms with E-state index in [9.17, 15) is 10.1 Å². The van der Waals surface area contributed by atoms with E-state index in [1.165, 1.54) is 0 Å². The van der Waals surface area contributed by atoms with Gasteiger partial charge in [0, 0.05) is 12.7 Å². The summed E-state index contributed by atoms with van der Waals surface area (Å²) in [6.07, 6.45) is 1.38. The zero-order chi connectivity index (χ0) is 12.8. The smallest absolute Gasteiger partial charge is 0.310 e. The maximum absolute atomic E-state index is 10.3. The molecule has 6 nitrogen and oxygen atoms in total. The van der Waals surface area contributed by atoms with Crippen molar-refractivity contribution in [2.45, 2.75) is 19.6 Å². The first-order valence-corrected chi connectivity index (χ1v) is 5.30. The molecule has 0 spiro atoms. The number of nitrogens with one attached hydrogen (secondary N) is 2. The standard InChI is InChI=1S/C10H13ClN4O2/c1-7(14-8(2)15(16)17)12-5-9-3-4-10(11)13-6-9/h3-4,6-7,12,14H,2,5H2,1H3. The maximum atomic E-state index is 10.3. The zero-order valence-electron chi connectivity index (χ0n) is 9.31. The molecule has 0 bridgehead atoms. The second-order valence-corrected chi connectivity index (χ2v) is 3.83. The minimum Gasteiger partial charge on any atom is -0.358 e. The first-order chi connectivity index (χ1) is 7.99. The van der Waals surface area contributed by atoms with Crippen molar-refractivity contribution in [1.82, 2.24) is 15.6 Å². The van der Waals surface area contributed by atoms with Gasteiger partial charge in [-0.1, -0.05) is 17.7 Å². The predicted octanol–water partition coefficient (Wildman–Crippen LogP) is 1.51. The van der Waals surface area contributed by atoms with Crippen LogP contribution in [0.25, 0.3) is 0 Å². The summed E-state index contributed by atoms with van der Waals surface area (Å²) < 4.78 is 0. The summed E-state index contributed by atoms with van der Waals surface area (Å²) >= 11 is 5.65. The average Bonchev–Trinajstić information content (AvgIpc) is 2.28. The molecular weight excluding hydrogens is 244 g/mol. The summed E-state index contributed by atoms with van der Waals surface area (Å²) in [5, 5.41) is 16.4. The molecule has 1 aromatic rings. The highest BCUT2D eigenvalue weighted by Gasteiger charge is 2.10. The second kappa shape index (κ2) is 6.17. The van der Waals surface area contributed by atoms with E-state index in [-0.39, 0.29) is 12.0 Å². The number of hydrogen-bond acceptors (Lipinski definition) is 5. The van der Waals surface area contributed by atoms with Crippen LogP contribution < -0.4 is 10.6 Å². The number of rotatable bonds is 6. The summed E-state index contributed by atoms with van der Waals surface area (Å²) in [5.41, 5.74) is 0.940. The Morgan fingerprint density at radius 1 is 1.71 bits per heavy atom. The Bertz CT molecular complexity index is 407. The Labute approximate surface area is 104 Å². The molecule has 7 heteroatoms. The number of nitrogens with zero attached hydrogens (tertiary/aromatic N) is 2. The van der Waals surface area contributed by atoms with E-state index in [0.717, 1.165) is 5.56 Å². The van der Waals surface area contributed by atoms with Gasteiger partial charge in [0.15, 0.2) is 0 Å². The molecule has 1 rings (SSSR count). The van der Waals surface area contributed by atoms with Crippen molar-refractivity contribution < 1.29 is 4.92 Å². The van der Waals surface area contributed by atoms with Crippen LogP contribution in [-0.4, -0.2) is 16.1 Å². The van der Waals surface area contributed by atoms with Gasteiger partial charge in [0.2, 0.25) is 0 Å². The van der Waals surface area contributed by atoms with Crippen molar-refractivity contribution in [2.75, 3.05) is 0 Å². The quantitative estimate of drug-likeness (QED) is 0.349. The summed E-state index contributed by atoms with van der Waals surface area (Å²) in [4.78, 5) is 13.7. The van der Waals surface area contributed by atoms with Crippen LogP contribution in [-0.2, 0) is 6.54 Å². The predicted molar refractivity (Wildman–Crippen MR) is 64.8 cm³/mol. The van der Waals surface area contributed by atoms with Crippen LogP contribution in [0.5, 0.6) is 0 Å². The highest BCUT2D eigenvalue weighted by molar-refractivity contribution is 6.29. The molecule has 0 saturated carbocycles. The van der Waals surface area contributed by atoms with Crippen LogP contribution in [0.4, 0.5) is 0 Å². The van der Waals surface area contributed by atoms with Crippen molar-refractivity contribution in [1.29, 1.82) is 0 Å². The maximum Gasteiger partial charge on any atom is 0.310 e. The van der Waals surface area contributed by atoms with Gasteiger partial charge in [-0.3, -0.25) is 10.6 Å². The Balaban J connectivity index is 2.38. The number of halogens is 1. The molecule has 1 heterocycles. The molecule has 1 atom stereocenters. The Hall–Kier alpha value is -1.66. The lowest BCUT2D eigenvalue weighted by atomic mass is 10.3. The lowest BCUT2D eigenvalue weighted by molar-refractivity contribution is -0.432. The van der Waals surface area contributed by atoms with Gasteiger partial charge in [-0.15, -0.1) is 0 Å². The summed E-state index contributed by atoms with van der Waals surface area (Å²) in [7, 11) is 0. The van der Waals surface area contributed by atoms with E-state index in [1.54, 1.807) is 19.2 Å². The van der Waals surface area contributed by atoms with Gasteiger partial charge in [-0.25, -0.2) is 4.98 Å². The molecule has 0 aliphatic rings. The lowest BCUT2D eigenvalue weighted by Gasteiger charge is -2.12. The van der Waals surface area contributed by atoms with Crippen molar-refractivity contribution in [3.63, 3.8) is 0 Å². The molecule has 0 saturated heterocycles. The van der Waals surface area contributed by atoms with Crippen LogP contribution in [0.1, 0.15) is 12.5 Å². The van der Waals surface area contributed by atoms with Gasteiger partial charge in [-0.2, -0.15) is 0 Å². The van der Waals surface area contributed by atoms with E-state index in [0.29, 0.717) is 11.7 Å². The number of nitro groups is 1. The fourth-order valence-electron chi connectivity index (χ4n) is 1.14. The zero-order valence-corrected chi connectivity index (χ0v) is 10.1. The minimum absolute atomic E-state index is 0.237. The van der Waals surface area contributed by atoms with E-state index >= 15 is 0 Å². The largest absolute Gasteiger partial charge is 0.358 e. The monoisotopic (exact) mass is 256 g/mol. The van der Waals surface area contributed by atoms with Crippen LogP contribution in [0, 0.1) is 10.1 Å². The molecule has 0 fully saturated rings. The Kier molecular flexibility index (Phi) is 4.86. The minimum atomic E-state index is -0.567. The normalized spacial score (nSPS) is 11.9. The number of hydrogen-bond donors (Lipinski definition) is 2. The van der Waals surface area contributed by atoms with Crippen LogP contribution >= 0.6 is 11.6 Å². The van der Waals surface area contributed by atoms with Gasteiger partial charge >= 0.3 is 5.82 Å². The number of aromatic nitrogens is 1. The van der Waals surface area contributed by atoms with Gasteiger partial charge in [0.25, 0.3) is 0 Å². The summed E-state index contributed by atoms with van der Waals surface area (Å²) in [6.45, 7) is 5.57. The third kappa shape index (κ3) is 4.80. The van der Waals surface area contributed by atoms with Gasteiger partial charge in [0.1, 0.15) is 11.3 Å². The van der Waals surface area contributed by atoms with E-state index in [1.807, 2.05) is 6.07 Å². The molecule has 0 aliphatic carbocycles. The summed E-state index contributed by atoms with van der Waals surface area (Å²) in [6, 6.07) is 3.52. The van der Waals surface area contributed by atoms with Crippen LogP contribution in [0.3, 0.4) is 0 Å². The van der Waals surface area contributed by atoms with E-state index in [4.69, 9.17) is 11.6 Å². The average molecular weight is 257 g/mol. The lowest BCUT2D eigenvalue weighted by Crippen LogP contribution is -2.40. The van der Waals surface area contributed by atoms with Crippen molar-refractivity contribution >= 4 is 11.6 Å². The number of pyridine rings is 1. The SMILES string of the molecule is C=C(NC(C)NCc1ccc(Cl)nc1)[N+](=O)[O-]. The third-order valence-corrected chi connectivity index (χ3v) is 2.23. The van der Waals surface area contributed by atoms with Crippen molar-refractivity contribution in [3.05, 3.63) is 51.6 Å². The second-order valence-electron chi connectivity index (χ2n) is 3.44. The Morgan fingerprint density at radius 2 is 2.41 bits per heavy atom. The van der Waals surface area contributed by atoms with Crippen LogP contribution in [0.2, 0.25) is 5.15 Å². The van der Waals surface area contributed by atoms with Crippen LogP contribution in [0.15, 0.2) is 30.7 Å². The Morgan fingerprint density at radius 3 is 2.94 bits per heavy atom. The van der Waals surface area contributed by atoms with Gasteiger partial charge < -0.3 is 10.1 Å². The third-order valence-electron chi connectivity index (χ3n) is 2.00. The molecule has 92 valence electrons. The molecule has 1 unspecified atom stereocenters. The van der Waals surface area contributed by atoms with E-state index in [2.05, 4.69) is 22.2 Å². The molecule has 0 aliphatic heterocycles. The fourth-order valence-corrected chi connectivity index (χ4v) is 1.25. The van der Waals surface area contributed by atoms with Gasteiger partial charge in [-0.05, 0) is 30.1 Å². The highest BCUT2D eigenvalue weighted by atomic mass is 35.5. The molecular formula is C10H13ClN4O2.